The third kappa shape index (κ3) is 2.70. The highest BCUT2D eigenvalue weighted by Crippen LogP contribution is 2.25. The Morgan fingerprint density at radius 3 is 2.68 bits per heavy atom. The van der Waals surface area contributed by atoms with Gasteiger partial charge < -0.3 is 25.7 Å². The van der Waals surface area contributed by atoms with Crippen molar-refractivity contribution in [2.24, 2.45) is 0 Å². The summed E-state index contributed by atoms with van der Waals surface area (Å²) in [6, 6.07) is 0. The van der Waals surface area contributed by atoms with Crippen molar-refractivity contribution in [3.63, 3.8) is 0 Å². The molecule has 0 spiro atoms. The van der Waals surface area contributed by atoms with Gasteiger partial charge in [-0.25, -0.2) is 15.0 Å². The average molecular weight is 307 g/mol. The van der Waals surface area contributed by atoms with E-state index in [2.05, 4.69) is 31.8 Å². The summed E-state index contributed by atoms with van der Waals surface area (Å²) < 4.78 is 1.81. The zero-order valence-electron chi connectivity index (χ0n) is 12.6. The number of hydrogen-bond acceptors (Lipinski definition) is 8. The van der Waals surface area contributed by atoms with Gasteiger partial charge in [0.2, 0.25) is 5.95 Å². The van der Waals surface area contributed by atoms with Crippen LogP contribution in [-0.4, -0.2) is 80.6 Å². The molecule has 1 saturated heterocycles. The van der Waals surface area contributed by atoms with Crippen LogP contribution in [0.2, 0.25) is 0 Å². The van der Waals surface area contributed by atoms with Crippen molar-refractivity contribution in [3.8, 4) is 0 Å². The number of aromatic nitrogens is 4. The lowest BCUT2D eigenvalue weighted by atomic mass is 10.3. The second-order valence-corrected chi connectivity index (χ2v) is 5.58. The molecule has 0 amide bonds. The number of aliphatic hydroxyl groups is 2. The monoisotopic (exact) mass is 307 g/mol. The number of nitrogens with zero attached hydrogens (tertiary/aromatic N) is 6. The third-order valence-corrected chi connectivity index (χ3v) is 3.93. The summed E-state index contributed by atoms with van der Waals surface area (Å²) in [5.74, 6) is 1.03. The fraction of sp³-hybridized carbons (Fsp3) is 0.615. The molecule has 0 saturated carbocycles. The second kappa shape index (κ2) is 6.03. The van der Waals surface area contributed by atoms with E-state index < -0.39 is 6.10 Å². The number of piperazine rings is 1. The molecule has 1 fully saturated rings. The minimum absolute atomic E-state index is 0.213. The number of aliphatic hydroxyl groups excluding tert-OH is 2. The second-order valence-electron chi connectivity index (χ2n) is 5.58. The SMILES string of the molecule is CN1CCN(c2nc3c(N)ncnc3n2C[C@@H](O)CO)CC1. The predicted molar refractivity (Wildman–Crippen MR) is 82.5 cm³/mol. The van der Waals surface area contributed by atoms with Crippen LogP contribution in [0.1, 0.15) is 0 Å². The van der Waals surface area contributed by atoms with Crippen LogP contribution >= 0.6 is 0 Å². The number of anilines is 2. The maximum atomic E-state index is 9.82. The van der Waals surface area contributed by atoms with E-state index in [-0.39, 0.29) is 13.2 Å². The van der Waals surface area contributed by atoms with Crippen molar-refractivity contribution in [3.05, 3.63) is 6.33 Å². The molecule has 1 aliphatic rings. The maximum absolute atomic E-state index is 9.82. The standard InChI is InChI=1S/C13H21N7O2/c1-18-2-4-19(5-3-18)13-17-10-11(14)15-8-16-12(10)20(13)6-9(22)7-21/h8-9,21-22H,2-7H2,1H3,(H2,14,15,16)/t9-/m1/s1. The van der Waals surface area contributed by atoms with Crippen molar-refractivity contribution < 1.29 is 10.2 Å². The first kappa shape index (κ1) is 14.9. The summed E-state index contributed by atoms with van der Waals surface area (Å²) in [7, 11) is 2.08. The van der Waals surface area contributed by atoms with E-state index in [1.165, 1.54) is 6.33 Å². The topological polar surface area (TPSA) is 117 Å². The first-order valence-electron chi connectivity index (χ1n) is 7.29. The van der Waals surface area contributed by atoms with Gasteiger partial charge in [-0.15, -0.1) is 0 Å². The van der Waals surface area contributed by atoms with Crippen LogP contribution in [0.25, 0.3) is 11.2 Å². The fourth-order valence-corrected chi connectivity index (χ4v) is 2.63. The lowest BCUT2D eigenvalue weighted by Gasteiger charge is -2.33. The Kier molecular flexibility index (Phi) is 4.10. The largest absolute Gasteiger partial charge is 0.394 e. The highest BCUT2D eigenvalue weighted by atomic mass is 16.3. The normalized spacial score (nSPS) is 18.0. The van der Waals surface area contributed by atoms with Gasteiger partial charge in [0.1, 0.15) is 6.33 Å². The molecule has 1 atom stereocenters. The van der Waals surface area contributed by atoms with Crippen LogP contribution in [0.4, 0.5) is 11.8 Å². The van der Waals surface area contributed by atoms with Crippen LogP contribution in [0.3, 0.4) is 0 Å². The van der Waals surface area contributed by atoms with E-state index in [0.29, 0.717) is 22.9 Å². The van der Waals surface area contributed by atoms with Gasteiger partial charge in [0.15, 0.2) is 17.0 Å². The number of nitrogen functional groups attached to an aromatic ring is 1. The van der Waals surface area contributed by atoms with Gasteiger partial charge in [0.25, 0.3) is 0 Å². The molecular weight excluding hydrogens is 286 g/mol. The van der Waals surface area contributed by atoms with Gasteiger partial charge in [0.05, 0.1) is 19.3 Å². The molecule has 3 heterocycles. The van der Waals surface area contributed by atoms with Gasteiger partial charge in [-0.05, 0) is 7.05 Å². The molecular formula is C13H21N7O2. The van der Waals surface area contributed by atoms with Crippen molar-refractivity contribution in [2.45, 2.75) is 12.6 Å². The van der Waals surface area contributed by atoms with Gasteiger partial charge >= 0.3 is 0 Å². The van der Waals surface area contributed by atoms with Gasteiger partial charge in [0, 0.05) is 26.2 Å². The number of fused-ring (bicyclic) bond motifs is 1. The van der Waals surface area contributed by atoms with Gasteiger partial charge in [-0.3, -0.25) is 4.57 Å². The van der Waals surface area contributed by atoms with E-state index >= 15 is 0 Å². The minimum Gasteiger partial charge on any atom is -0.394 e. The van der Waals surface area contributed by atoms with E-state index in [9.17, 15) is 5.11 Å². The quantitative estimate of drug-likeness (QED) is 0.626. The summed E-state index contributed by atoms with van der Waals surface area (Å²) >= 11 is 0. The number of hydrogen-bond donors (Lipinski definition) is 3. The van der Waals surface area contributed by atoms with Gasteiger partial charge in [-0.1, -0.05) is 0 Å². The number of rotatable bonds is 4. The first-order chi connectivity index (χ1) is 10.6. The number of nitrogens with two attached hydrogens (primary N) is 1. The smallest absolute Gasteiger partial charge is 0.208 e. The highest BCUT2D eigenvalue weighted by molar-refractivity contribution is 5.84. The lowest BCUT2D eigenvalue weighted by molar-refractivity contribution is 0.0821. The Balaban J connectivity index is 2.03. The zero-order chi connectivity index (χ0) is 15.7. The van der Waals surface area contributed by atoms with Crippen molar-refractivity contribution >= 4 is 22.9 Å². The molecule has 4 N–H and O–H groups in total. The third-order valence-electron chi connectivity index (χ3n) is 3.93. The summed E-state index contributed by atoms with van der Waals surface area (Å²) in [6.45, 7) is 3.44. The van der Waals surface area contributed by atoms with Gasteiger partial charge in [-0.2, -0.15) is 0 Å². The van der Waals surface area contributed by atoms with Crippen molar-refractivity contribution in [1.82, 2.24) is 24.4 Å². The molecule has 0 aliphatic carbocycles. The molecule has 0 bridgehead atoms. The van der Waals surface area contributed by atoms with Crippen molar-refractivity contribution in [2.75, 3.05) is 50.5 Å². The van der Waals surface area contributed by atoms with Crippen molar-refractivity contribution in [1.29, 1.82) is 0 Å². The van der Waals surface area contributed by atoms with Crippen LogP contribution in [0.15, 0.2) is 6.33 Å². The van der Waals surface area contributed by atoms with E-state index in [4.69, 9.17) is 10.8 Å². The Morgan fingerprint density at radius 1 is 1.27 bits per heavy atom. The highest BCUT2D eigenvalue weighted by Gasteiger charge is 2.23. The summed E-state index contributed by atoms with van der Waals surface area (Å²) in [5, 5.41) is 19.0. The Hall–Kier alpha value is -1.97. The minimum atomic E-state index is -0.875. The molecule has 9 heteroatoms. The average Bonchev–Trinajstić information content (AvgIpc) is 2.88. The molecule has 2 aromatic rings. The van der Waals surface area contributed by atoms with Crippen LogP contribution in [0, 0.1) is 0 Å². The molecule has 1 aliphatic heterocycles. The molecule has 3 rings (SSSR count). The van der Waals surface area contributed by atoms with Crippen LogP contribution in [0.5, 0.6) is 0 Å². The molecule has 9 nitrogen and oxygen atoms in total. The predicted octanol–water partition coefficient (Wildman–Crippen LogP) is -1.49. The van der Waals surface area contributed by atoms with Crippen LogP contribution < -0.4 is 10.6 Å². The zero-order valence-corrected chi connectivity index (χ0v) is 12.6. The molecule has 0 aromatic carbocycles. The molecule has 0 radical (unpaired) electrons. The Labute approximate surface area is 128 Å². The molecule has 2 aromatic heterocycles. The van der Waals surface area contributed by atoms with E-state index in [0.717, 1.165) is 26.2 Å². The van der Waals surface area contributed by atoms with E-state index in [1.807, 2.05) is 0 Å². The summed E-state index contributed by atoms with van der Waals surface area (Å²) in [4.78, 5) is 17.2. The Morgan fingerprint density at radius 2 is 2.00 bits per heavy atom. The molecule has 120 valence electrons. The lowest BCUT2D eigenvalue weighted by Crippen LogP contribution is -2.45. The summed E-state index contributed by atoms with van der Waals surface area (Å²) in [5.41, 5.74) is 6.99. The first-order valence-corrected chi connectivity index (χ1v) is 7.29. The maximum Gasteiger partial charge on any atom is 0.208 e. The molecule has 0 unspecified atom stereocenters. The fourth-order valence-electron chi connectivity index (χ4n) is 2.63. The number of likely N-dealkylation sites (N-methyl/N-ethyl adjacent to an activating group) is 1. The van der Waals surface area contributed by atoms with E-state index in [1.54, 1.807) is 4.57 Å². The van der Waals surface area contributed by atoms with Crippen LogP contribution in [-0.2, 0) is 6.54 Å². The number of imidazole rings is 1. The summed E-state index contributed by atoms with van der Waals surface area (Å²) in [6.07, 6.45) is 0.509. The Bertz CT molecular complexity index is 651. The molecule has 22 heavy (non-hydrogen) atoms.